The van der Waals surface area contributed by atoms with Gasteiger partial charge in [-0.1, -0.05) is 12.1 Å². The Morgan fingerprint density at radius 1 is 1.25 bits per heavy atom. The lowest BCUT2D eigenvalue weighted by Crippen LogP contribution is -2.51. The van der Waals surface area contributed by atoms with Crippen molar-refractivity contribution in [1.82, 2.24) is 9.62 Å². The fourth-order valence-corrected chi connectivity index (χ4v) is 4.04. The van der Waals surface area contributed by atoms with Gasteiger partial charge in [0.2, 0.25) is 10.0 Å². The van der Waals surface area contributed by atoms with Crippen LogP contribution in [-0.2, 0) is 10.0 Å². The highest BCUT2D eigenvalue weighted by atomic mass is 32.2. The minimum atomic E-state index is -3.48. The molecular weight excluding hydrogens is 276 g/mol. The van der Waals surface area contributed by atoms with Gasteiger partial charge in [-0.25, -0.2) is 8.42 Å². The van der Waals surface area contributed by atoms with Gasteiger partial charge in [-0.05, 0) is 38.9 Å². The van der Waals surface area contributed by atoms with E-state index in [9.17, 15) is 8.42 Å². The van der Waals surface area contributed by atoms with E-state index in [1.54, 1.807) is 28.6 Å². The quantitative estimate of drug-likeness (QED) is 0.914. The third kappa shape index (κ3) is 2.82. The number of ether oxygens (including phenoxy) is 1. The van der Waals surface area contributed by atoms with Crippen LogP contribution in [-0.4, -0.2) is 45.5 Å². The SMILES string of the molecule is CNC1(C)CCN(S(=O)(=O)c2ccccc2OC)CC1. The molecule has 1 aromatic rings. The molecule has 2 rings (SSSR count). The Balaban J connectivity index is 2.24. The molecule has 0 unspecified atom stereocenters. The predicted molar refractivity (Wildman–Crippen MR) is 78.5 cm³/mol. The summed E-state index contributed by atoms with van der Waals surface area (Å²) in [7, 11) is -0.0729. The molecule has 1 aliphatic heterocycles. The minimum absolute atomic E-state index is 0.0206. The number of para-hydroxylation sites is 1. The Morgan fingerprint density at radius 3 is 2.40 bits per heavy atom. The second kappa shape index (κ2) is 5.71. The molecule has 20 heavy (non-hydrogen) atoms. The second-order valence-electron chi connectivity index (χ2n) is 5.37. The van der Waals surface area contributed by atoms with Crippen LogP contribution in [0.2, 0.25) is 0 Å². The molecule has 0 bridgehead atoms. The smallest absolute Gasteiger partial charge is 0.246 e. The molecule has 0 amide bonds. The van der Waals surface area contributed by atoms with Crippen LogP contribution in [0, 0.1) is 0 Å². The van der Waals surface area contributed by atoms with Crippen LogP contribution in [0.25, 0.3) is 0 Å². The van der Waals surface area contributed by atoms with E-state index in [2.05, 4.69) is 12.2 Å². The maximum atomic E-state index is 12.7. The van der Waals surface area contributed by atoms with Crippen molar-refractivity contribution in [2.75, 3.05) is 27.2 Å². The van der Waals surface area contributed by atoms with Gasteiger partial charge >= 0.3 is 0 Å². The summed E-state index contributed by atoms with van der Waals surface area (Å²) in [6.07, 6.45) is 1.61. The van der Waals surface area contributed by atoms with Gasteiger partial charge in [-0.3, -0.25) is 0 Å². The van der Waals surface area contributed by atoms with Crippen molar-refractivity contribution in [2.45, 2.75) is 30.2 Å². The Bertz CT molecular complexity index is 564. The average molecular weight is 298 g/mol. The lowest BCUT2D eigenvalue weighted by Gasteiger charge is -2.38. The van der Waals surface area contributed by atoms with Crippen LogP contribution in [0.5, 0.6) is 5.75 Å². The Hall–Kier alpha value is -1.11. The molecule has 1 aliphatic rings. The van der Waals surface area contributed by atoms with E-state index in [0.29, 0.717) is 18.8 Å². The zero-order chi connectivity index (χ0) is 14.8. The van der Waals surface area contributed by atoms with E-state index in [1.807, 2.05) is 7.05 Å². The monoisotopic (exact) mass is 298 g/mol. The molecule has 0 spiro atoms. The second-order valence-corrected chi connectivity index (χ2v) is 7.27. The summed E-state index contributed by atoms with van der Waals surface area (Å²) in [6, 6.07) is 6.76. The largest absolute Gasteiger partial charge is 0.495 e. The van der Waals surface area contributed by atoms with Crippen molar-refractivity contribution < 1.29 is 13.2 Å². The van der Waals surface area contributed by atoms with E-state index in [-0.39, 0.29) is 10.4 Å². The fourth-order valence-electron chi connectivity index (χ4n) is 2.44. The molecule has 1 saturated heterocycles. The van der Waals surface area contributed by atoms with Gasteiger partial charge in [0.15, 0.2) is 0 Å². The lowest BCUT2D eigenvalue weighted by molar-refractivity contribution is 0.219. The minimum Gasteiger partial charge on any atom is -0.495 e. The van der Waals surface area contributed by atoms with Crippen molar-refractivity contribution >= 4 is 10.0 Å². The zero-order valence-electron chi connectivity index (χ0n) is 12.2. The van der Waals surface area contributed by atoms with Gasteiger partial charge in [0.25, 0.3) is 0 Å². The number of hydrogen-bond acceptors (Lipinski definition) is 4. The zero-order valence-corrected chi connectivity index (χ0v) is 13.0. The third-order valence-corrected chi connectivity index (χ3v) is 6.05. The molecule has 0 aliphatic carbocycles. The number of nitrogens with one attached hydrogen (secondary N) is 1. The average Bonchev–Trinajstić information content (AvgIpc) is 2.47. The normalized spacial score (nSPS) is 19.8. The van der Waals surface area contributed by atoms with E-state index < -0.39 is 10.0 Å². The highest BCUT2D eigenvalue weighted by Crippen LogP contribution is 2.30. The molecule has 5 nitrogen and oxygen atoms in total. The molecule has 1 heterocycles. The van der Waals surface area contributed by atoms with Crippen LogP contribution in [0.3, 0.4) is 0 Å². The van der Waals surface area contributed by atoms with E-state index in [0.717, 1.165) is 12.8 Å². The number of benzene rings is 1. The van der Waals surface area contributed by atoms with Gasteiger partial charge in [-0.15, -0.1) is 0 Å². The highest BCUT2D eigenvalue weighted by Gasteiger charge is 2.35. The molecule has 6 heteroatoms. The van der Waals surface area contributed by atoms with Gasteiger partial charge < -0.3 is 10.1 Å². The summed E-state index contributed by atoms with van der Waals surface area (Å²) < 4.78 is 32.1. The van der Waals surface area contributed by atoms with Crippen molar-refractivity contribution in [1.29, 1.82) is 0 Å². The van der Waals surface area contributed by atoms with Crippen LogP contribution in [0.1, 0.15) is 19.8 Å². The number of piperidine rings is 1. The molecule has 1 N–H and O–H groups in total. The number of nitrogens with zero attached hydrogens (tertiary/aromatic N) is 1. The van der Waals surface area contributed by atoms with Crippen molar-refractivity contribution in [2.24, 2.45) is 0 Å². The molecule has 0 aromatic heterocycles. The molecule has 0 saturated carbocycles. The predicted octanol–water partition coefficient (Wildman–Crippen LogP) is 1.46. The molecule has 1 fully saturated rings. The first kappa shape index (κ1) is 15.3. The highest BCUT2D eigenvalue weighted by molar-refractivity contribution is 7.89. The maximum Gasteiger partial charge on any atom is 0.246 e. The summed E-state index contributed by atoms with van der Waals surface area (Å²) in [5.74, 6) is 0.398. The number of hydrogen-bond donors (Lipinski definition) is 1. The van der Waals surface area contributed by atoms with Crippen molar-refractivity contribution in [3.63, 3.8) is 0 Å². The number of methoxy groups -OCH3 is 1. The molecule has 0 atom stereocenters. The van der Waals surface area contributed by atoms with Crippen LogP contribution < -0.4 is 10.1 Å². The molecular formula is C14H22N2O3S. The topological polar surface area (TPSA) is 58.6 Å². The van der Waals surface area contributed by atoms with Gasteiger partial charge in [0.05, 0.1) is 7.11 Å². The van der Waals surface area contributed by atoms with Crippen LogP contribution in [0.4, 0.5) is 0 Å². The van der Waals surface area contributed by atoms with E-state index in [1.165, 1.54) is 7.11 Å². The fraction of sp³-hybridized carbons (Fsp3) is 0.571. The molecule has 112 valence electrons. The van der Waals surface area contributed by atoms with Gasteiger partial charge in [0.1, 0.15) is 10.6 Å². The van der Waals surface area contributed by atoms with Gasteiger partial charge in [0, 0.05) is 18.6 Å². The number of sulfonamides is 1. The Morgan fingerprint density at radius 2 is 1.85 bits per heavy atom. The molecule has 1 aromatic carbocycles. The first-order valence-electron chi connectivity index (χ1n) is 6.75. The standard InChI is InChI=1S/C14H22N2O3S/c1-14(15-2)8-10-16(11-9-14)20(17,18)13-7-5-4-6-12(13)19-3/h4-7,15H,8-11H2,1-3H3. The van der Waals surface area contributed by atoms with E-state index in [4.69, 9.17) is 4.74 Å². The third-order valence-electron chi connectivity index (χ3n) is 4.12. The first-order chi connectivity index (χ1) is 9.43. The Kier molecular flexibility index (Phi) is 4.36. The van der Waals surface area contributed by atoms with E-state index >= 15 is 0 Å². The molecule has 0 radical (unpaired) electrons. The van der Waals surface area contributed by atoms with Crippen LogP contribution in [0.15, 0.2) is 29.2 Å². The Labute approximate surface area is 121 Å². The van der Waals surface area contributed by atoms with Gasteiger partial charge in [-0.2, -0.15) is 4.31 Å². The summed E-state index contributed by atoms with van der Waals surface area (Å²) in [5.41, 5.74) is 0.0206. The van der Waals surface area contributed by atoms with Crippen molar-refractivity contribution in [3.8, 4) is 5.75 Å². The summed E-state index contributed by atoms with van der Waals surface area (Å²) in [4.78, 5) is 0.246. The first-order valence-corrected chi connectivity index (χ1v) is 8.19. The van der Waals surface area contributed by atoms with Crippen LogP contribution >= 0.6 is 0 Å². The lowest BCUT2D eigenvalue weighted by atomic mass is 9.91. The van der Waals surface area contributed by atoms with Crippen molar-refractivity contribution in [3.05, 3.63) is 24.3 Å². The summed E-state index contributed by atoms with van der Waals surface area (Å²) in [5, 5.41) is 3.27. The summed E-state index contributed by atoms with van der Waals surface area (Å²) in [6.45, 7) is 3.18. The maximum absolute atomic E-state index is 12.7. The summed E-state index contributed by atoms with van der Waals surface area (Å²) >= 11 is 0. The number of rotatable bonds is 4.